The number of hydrogen-bond donors (Lipinski definition) is 1. The van der Waals surface area contributed by atoms with Crippen molar-refractivity contribution in [3.05, 3.63) is 22.8 Å². The predicted molar refractivity (Wildman–Crippen MR) is 78.9 cm³/mol. The van der Waals surface area contributed by atoms with E-state index in [1.54, 1.807) is 0 Å². The summed E-state index contributed by atoms with van der Waals surface area (Å²) in [6.07, 6.45) is 1.06. The summed E-state index contributed by atoms with van der Waals surface area (Å²) in [6.45, 7) is 8.33. The molecule has 2 rings (SSSR count). The molecule has 106 valence electrons. The van der Waals surface area contributed by atoms with Gasteiger partial charge < -0.3 is 15.0 Å². The monoisotopic (exact) mass is 283 g/mol. The number of anilines is 1. The van der Waals surface area contributed by atoms with Gasteiger partial charge in [0.25, 0.3) is 0 Å². The van der Waals surface area contributed by atoms with E-state index in [0.29, 0.717) is 12.6 Å². The quantitative estimate of drug-likeness (QED) is 0.901. The van der Waals surface area contributed by atoms with Crippen molar-refractivity contribution in [1.29, 1.82) is 0 Å². The summed E-state index contributed by atoms with van der Waals surface area (Å²) < 4.78 is 5.54. The molecule has 0 amide bonds. The SMILES string of the molecule is CCNCc1nc(N2CCOCC2CC)ccc1Cl. The van der Waals surface area contributed by atoms with Gasteiger partial charge in [-0.3, -0.25) is 0 Å². The molecule has 0 aromatic carbocycles. The van der Waals surface area contributed by atoms with Gasteiger partial charge in [0, 0.05) is 13.1 Å². The highest BCUT2D eigenvalue weighted by atomic mass is 35.5. The van der Waals surface area contributed by atoms with E-state index in [2.05, 4.69) is 24.1 Å². The largest absolute Gasteiger partial charge is 0.377 e. The third-order valence-corrected chi connectivity index (χ3v) is 3.78. The molecule has 1 aromatic heterocycles. The van der Waals surface area contributed by atoms with Crippen LogP contribution >= 0.6 is 11.6 Å². The van der Waals surface area contributed by atoms with Crippen LogP contribution in [0, 0.1) is 0 Å². The highest BCUT2D eigenvalue weighted by Gasteiger charge is 2.23. The summed E-state index contributed by atoms with van der Waals surface area (Å²) in [5.41, 5.74) is 0.919. The van der Waals surface area contributed by atoms with Crippen LogP contribution in [0.2, 0.25) is 5.02 Å². The topological polar surface area (TPSA) is 37.4 Å². The summed E-state index contributed by atoms with van der Waals surface area (Å²) in [5.74, 6) is 1.01. The summed E-state index contributed by atoms with van der Waals surface area (Å²) in [7, 11) is 0. The number of ether oxygens (including phenoxy) is 1. The van der Waals surface area contributed by atoms with Crippen molar-refractivity contribution in [2.75, 3.05) is 31.2 Å². The molecule has 1 N–H and O–H groups in total. The van der Waals surface area contributed by atoms with E-state index < -0.39 is 0 Å². The van der Waals surface area contributed by atoms with Crippen LogP contribution < -0.4 is 10.2 Å². The highest BCUT2D eigenvalue weighted by molar-refractivity contribution is 6.31. The minimum absolute atomic E-state index is 0.411. The number of nitrogens with zero attached hydrogens (tertiary/aromatic N) is 2. The van der Waals surface area contributed by atoms with E-state index in [0.717, 1.165) is 49.3 Å². The minimum Gasteiger partial charge on any atom is -0.377 e. The Morgan fingerprint density at radius 2 is 2.32 bits per heavy atom. The molecule has 0 bridgehead atoms. The molecule has 1 aliphatic rings. The van der Waals surface area contributed by atoms with Gasteiger partial charge in [0.2, 0.25) is 0 Å². The zero-order valence-corrected chi connectivity index (χ0v) is 12.4. The van der Waals surface area contributed by atoms with Crippen LogP contribution in [0.5, 0.6) is 0 Å². The lowest BCUT2D eigenvalue weighted by Gasteiger charge is -2.36. The molecule has 1 atom stereocenters. The molecule has 1 unspecified atom stereocenters. The molecule has 1 aliphatic heterocycles. The van der Waals surface area contributed by atoms with Crippen molar-refractivity contribution in [1.82, 2.24) is 10.3 Å². The maximum atomic E-state index is 6.20. The Labute approximate surface area is 120 Å². The lowest BCUT2D eigenvalue weighted by Crippen LogP contribution is -2.45. The number of aromatic nitrogens is 1. The summed E-state index contributed by atoms with van der Waals surface area (Å²) in [4.78, 5) is 7.04. The maximum absolute atomic E-state index is 6.20. The van der Waals surface area contributed by atoms with E-state index >= 15 is 0 Å². The third-order valence-electron chi connectivity index (χ3n) is 3.44. The molecular formula is C14H22ClN3O. The number of morpholine rings is 1. The lowest BCUT2D eigenvalue weighted by atomic mass is 10.1. The number of nitrogens with one attached hydrogen (secondary N) is 1. The molecule has 1 fully saturated rings. The van der Waals surface area contributed by atoms with Gasteiger partial charge in [0.05, 0.1) is 30.0 Å². The number of pyridine rings is 1. The van der Waals surface area contributed by atoms with Gasteiger partial charge in [-0.25, -0.2) is 4.98 Å². The fourth-order valence-corrected chi connectivity index (χ4v) is 2.47. The normalized spacial score (nSPS) is 19.7. The molecule has 0 radical (unpaired) electrons. The lowest BCUT2D eigenvalue weighted by molar-refractivity contribution is 0.0925. The summed E-state index contributed by atoms with van der Waals surface area (Å²) in [6, 6.07) is 4.36. The first-order valence-electron chi connectivity index (χ1n) is 6.96. The molecule has 0 aliphatic carbocycles. The van der Waals surface area contributed by atoms with Gasteiger partial charge >= 0.3 is 0 Å². The second-order valence-corrected chi connectivity index (χ2v) is 5.12. The Kier molecular flexibility index (Phi) is 5.43. The fraction of sp³-hybridized carbons (Fsp3) is 0.643. The van der Waals surface area contributed by atoms with Crippen molar-refractivity contribution in [3.8, 4) is 0 Å². The first-order chi connectivity index (χ1) is 9.26. The van der Waals surface area contributed by atoms with Gasteiger partial charge in [0.1, 0.15) is 5.82 Å². The average Bonchev–Trinajstić information content (AvgIpc) is 2.46. The zero-order valence-electron chi connectivity index (χ0n) is 11.7. The van der Waals surface area contributed by atoms with Crippen molar-refractivity contribution in [2.45, 2.75) is 32.9 Å². The van der Waals surface area contributed by atoms with E-state index in [9.17, 15) is 0 Å². The molecule has 2 heterocycles. The fourth-order valence-electron chi connectivity index (χ4n) is 2.29. The van der Waals surface area contributed by atoms with E-state index in [4.69, 9.17) is 21.3 Å². The third kappa shape index (κ3) is 3.59. The Balaban J connectivity index is 2.18. The average molecular weight is 284 g/mol. The second kappa shape index (κ2) is 7.08. The number of rotatable bonds is 5. The molecular weight excluding hydrogens is 262 g/mol. The van der Waals surface area contributed by atoms with Crippen molar-refractivity contribution >= 4 is 17.4 Å². The molecule has 19 heavy (non-hydrogen) atoms. The Bertz CT molecular complexity index is 414. The van der Waals surface area contributed by atoms with Crippen LogP contribution in [0.4, 0.5) is 5.82 Å². The van der Waals surface area contributed by atoms with E-state index in [1.807, 2.05) is 12.1 Å². The number of halogens is 1. The highest BCUT2D eigenvalue weighted by Crippen LogP contribution is 2.23. The Hall–Kier alpha value is -0.840. The van der Waals surface area contributed by atoms with Crippen LogP contribution in [-0.4, -0.2) is 37.3 Å². The summed E-state index contributed by atoms with van der Waals surface area (Å²) >= 11 is 6.20. The van der Waals surface area contributed by atoms with Crippen LogP contribution in [0.15, 0.2) is 12.1 Å². The van der Waals surface area contributed by atoms with Gasteiger partial charge in [0.15, 0.2) is 0 Å². The van der Waals surface area contributed by atoms with Gasteiger partial charge in [-0.05, 0) is 25.1 Å². The van der Waals surface area contributed by atoms with Gasteiger partial charge in [-0.1, -0.05) is 25.4 Å². The maximum Gasteiger partial charge on any atom is 0.129 e. The second-order valence-electron chi connectivity index (χ2n) is 4.71. The smallest absolute Gasteiger partial charge is 0.129 e. The van der Waals surface area contributed by atoms with Crippen molar-refractivity contribution in [3.63, 3.8) is 0 Å². The number of hydrogen-bond acceptors (Lipinski definition) is 4. The van der Waals surface area contributed by atoms with Crippen LogP contribution in [0.3, 0.4) is 0 Å². The van der Waals surface area contributed by atoms with Crippen LogP contribution in [0.25, 0.3) is 0 Å². The molecule has 1 aromatic rings. The van der Waals surface area contributed by atoms with Crippen LogP contribution in [0.1, 0.15) is 26.0 Å². The van der Waals surface area contributed by atoms with E-state index in [1.165, 1.54) is 0 Å². The molecule has 5 heteroatoms. The Morgan fingerprint density at radius 1 is 1.47 bits per heavy atom. The first-order valence-corrected chi connectivity index (χ1v) is 7.34. The first kappa shape index (κ1) is 14.6. The standard InChI is InChI=1S/C14H22ClN3O/c1-3-11-10-19-8-7-18(11)14-6-5-12(15)13(17-14)9-16-4-2/h5-6,11,16H,3-4,7-10H2,1-2H3. The zero-order chi connectivity index (χ0) is 13.7. The summed E-state index contributed by atoms with van der Waals surface area (Å²) in [5, 5.41) is 4.00. The molecule has 4 nitrogen and oxygen atoms in total. The van der Waals surface area contributed by atoms with Crippen LogP contribution in [-0.2, 0) is 11.3 Å². The van der Waals surface area contributed by atoms with Gasteiger partial charge in [-0.2, -0.15) is 0 Å². The Morgan fingerprint density at radius 3 is 3.05 bits per heavy atom. The van der Waals surface area contributed by atoms with E-state index in [-0.39, 0.29) is 0 Å². The van der Waals surface area contributed by atoms with Crippen molar-refractivity contribution in [2.24, 2.45) is 0 Å². The molecule has 0 spiro atoms. The van der Waals surface area contributed by atoms with Crippen molar-refractivity contribution < 1.29 is 4.74 Å². The molecule has 0 saturated carbocycles. The minimum atomic E-state index is 0.411. The van der Waals surface area contributed by atoms with Gasteiger partial charge in [-0.15, -0.1) is 0 Å². The predicted octanol–water partition coefficient (Wildman–Crippen LogP) is 2.46. The molecule has 1 saturated heterocycles.